The predicted octanol–water partition coefficient (Wildman–Crippen LogP) is 2.22. The van der Waals surface area contributed by atoms with Crippen LogP contribution in [0.2, 0.25) is 0 Å². The number of methoxy groups -OCH3 is 1. The van der Waals surface area contributed by atoms with Gasteiger partial charge in [0.25, 0.3) is 5.91 Å². The summed E-state index contributed by atoms with van der Waals surface area (Å²) in [6, 6.07) is 5.28. The summed E-state index contributed by atoms with van der Waals surface area (Å²) in [5.74, 6) is 0.502. The van der Waals surface area contributed by atoms with Gasteiger partial charge in [0, 0.05) is 23.4 Å². The largest absolute Gasteiger partial charge is 0.497 e. The minimum absolute atomic E-state index is 0.146. The summed E-state index contributed by atoms with van der Waals surface area (Å²) in [6.07, 6.45) is 5.64. The fraction of sp³-hybridized carbons (Fsp3) is 0.214. The van der Waals surface area contributed by atoms with Gasteiger partial charge < -0.3 is 10.1 Å². The van der Waals surface area contributed by atoms with Crippen molar-refractivity contribution in [1.82, 2.24) is 15.3 Å². The topological polar surface area (TPSA) is 64.1 Å². The van der Waals surface area contributed by atoms with E-state index in [4.69, 9.17) is 4.74 Å². The Balaban J connectivity index is 1.95. The molecule has 1 amide bonds. The van der Waals surface area contributed by atoms with E-state index < -0.39 is 0 Å². The number of halogens is 1. The Kier molecular flexibility index (Phi) is 5.06. The zero-order valence-electron chi connectivity index (χ0n) is 11.0. The van der Waals surface area contributed by atoms with E-state index in [1.165, 1.54) is 6.33 Å². The van der Waals surface area contributed by atoms with Crippen molar-refractivity contribution in [2.45, 2.75) is 6.42 Å². The molecule has 1 aromatic carbocycles. The molecule has 0 bridgehead atoms. The average molecular weight is 336 g/mol. The molecule has 2 aromatic rings. The highest BCUT2D eigenvalue weighted by molar-refractivity contribution is 9.10. The summed E-state index contributed by atoms with van der Waals surface area (Å²) in [5, 5.41) is 2.86. The summed E-state index contributed by atoms with van der Waals surface area (Å²) in [4.78, 5) is 20.0. The van der Waals surface area contributed by atoms with Crippen molar-refractivity contribution < 1.29 is 9.53 Å². The molecule has 2 rings (SSSR count). The summed E-state index contributed by atoms with van der Waals surface area (Å²) in [5.41, 5.74) is 1.53. The molecule has 0 aliphatic carbocycles. The molecule has 0 aliphatic heterocycles. The van der Waals surface area contributed by atoms with E-state index in [0.717, 1.165) is 10.0 Å². The van der Waals surface area contributed by atoms with Gasteiger partial charge >= 0.3 is 0 Å². The summed E-state index contributed by atoms with van der Waals surface area (Å²) >= 11 is 3.36. The van der Waals surface area contributed by atoms with Crippen LogP contribution in [0, 0.1) is 0 Å². The third kappa shape index (κ3) is 3.77. The fourth-order valence-electron chi connectivity index (χ4n) is 1.68. The minimum Gasteiger partial charge on any atom is -0.497 e. The first-order chi connectivity index (χ1) is 9.70. The molecule has 6 heteroatoms. The second-order valence-electron chi connectivity index (χ2n) is 4.10. The normalized spacial score (nSPS) is 10.1. The number of carbonyl (C=O) groups excluding carboxylic acids is 1. The van der Waals surface area contributed by atoms with Crippen molar-refractivity contribution in [2.24, 2.45) is 0 Å². The second kappa shape index (κ2) is 7.00. The molecule has 1 heterocycles. The molecule has 0 saturated heterocycles. The molecular formula is C14H14BrN3O2. The van der Waals surface area contributed by atoms with Crippen molar-refractivity contribution in [3.05, 3.63) is 52.5 Å². The first-order valence-electron chi connectivity index (χ1n) is 6.06. The lowest BCUT2D eigenvalue weighted by Crippen LogP contribution is -2.26. The molecule has 20 heavy (non-hydrogen) atoms. The van der Waals surface area contributed by atoms with Gasteiger partial charge in [-0.05, 0) is 46.1 Å². The standard InChI is InChI=1S/C14H14BrN3O2/c1-20-11-2-3-13(15)12(6-11)14(19)18-5-4-10-7-16-9-17-8-10/h2-3,6-9H,4-5H2,1H3,(H,18,19). The SMILES string of the molecule is COc1ccc(Br)c(C(=O)NCCc2cncnc2)c1. The van der Waals surface area contributed by atoms with Crippen molar-refractivity contribution in [3.63, 3.8) is 0 Å². The minimum atomic E-state index is -0.146. The second-order valence-corrected chi connectivity index (χ2v) is 4.95. The van der Waals surface area contributed by atoms with Gasteiger partial charge in [0.15, 0.2) is 0 Å². The Morgan fingerprint density at radius 3 is 2.80 bits per heavy atom. The first kappa shape index (κ1) is 14.5. The maximum atomic E-state index is 12.1. The molecule has 0 fully saturated rings. The molecule has 0 unspecified atom stereocenters. The third-order valence-corrected chi connectivity index (χ3v) is 3.42. The molecule has 0 radical (unpaired) electrons. The number of nitrogens with one attached hydrogen (secondary N) is 1. The third-order valence-electron chi connectivity index (χ3n) is 2.73. The Morgan fingerprint density at radius 2 is 2.10 bits per heavy atom. The van der Waals surface area contributed by atoms with Crippen LogP contribution < -0.4 is 10.1 Å². The van der Waals surface area contributed by atoms with Crippen LogP contribution in [-0.2, 0) is 6.42 Å². The monoisotopic (exact) mass is 335 g/mol. The number of hydrogen-bond donors (Lipinski definition) is 1. The Bertz CT molecular complexity index is 590. The molecule has 5 nitrogen and oxygen atoms in total. The van der Waals surface area contributed by atoms with Gasteiger partial charge in [0.1, 0.15) is 12.1 Å². The van der Waals surface area contributed by atoms with Crippen LogP contribution in [0.15, 0.2) is 41.4 Å². The van der Waals surface area contributed by atoms with Crippen molar-refractivity contribution in [3.8, 4) is 5.75 Å². The van der Waals surface area contributed by atoms with E-state index in [1.807, 2.05) is 0 Å². The van der Waals surface area contributed by atoms with E-state index >= 15 is 0 Å². The highest BCUT2D eigenvalue weighted by Gasteiger charge is 2.10. The highest BCUT2D eigenvalue weighted by atomic mass is 79.9. The van der Waals surface area contributed by atoms with Crippen LogP contribution in [0.4, 0.5) is 0 Å². The maximum Gasteiger partial charge on any atom is 0.252 e. The zero-order chi connectivity index (χ0) is 14.4. The van der Waals surface area contributed by atoms with Gasteiger partial charge in [-0.2, -0.15) is 0 Å². The first-order valence-corrected chi connectivity index (χ1v) is 6.85. The molecule has 0 atom stereocenters. The van der Waals surface area contributed by atoms with Crippen LogP contribution >= 0.6 is 15.9 Å². The lowest BCUT2D eigenvalue weighted by molar-refractivity contribution is 0.0953. The van der Waals surface area contributed by atoms with E-state index in [1.54, 1.807) is 37.7 Å². The average Bonchev–Trinajstić information content (AvgIpc) is 2.48. The Morgan fingerprint density at radius 1 is 1.35 bits per heavy atom. The number of aromatic nitrogens is 2. The number of carbonyl (C=O) groups is 1. The lowest BCUT2D eigenvalue weighted by atomic mass is 10.2. The number of ether oxygens (including phenoxy) is 1. The van der Waals surface area contributed by atoms with Crippen molar-refractivity contribution in [1.29, 1.82) is 0 Å². The summed E-state index contributed by atoms with van der Waals surface area (Å²) in [7, 11) is 1.57. The molecule has 104 valence electrons. The van der Waals surface area contributed by atoms with E-state index in [-0.39, 0.29) is 5.91 Å². The number of benzene rings is 1. The van der Waals surface area contributed by atoms with E-state index in [9.17, 15) is 4.79 Å². The van der Waals surface area contributed by atoms with E-state index in [0.29, 0.717) is 24.3 Å². The Hall–Kier alpha value is -1.95. The van der Waals surface area contributed by atoms with Crippen LogP contribution in [0.25, 0.3) is 0 Å². The summed E-state index contributed by atoms with van der Waals surface area (Å²) in [6.45, 7) is 0.524. The van der Waals surface area contributed by atoms with Crippen LogP contribution in [-0.4, -0.2) is 29.5 Å². The van der Waals surface area contributed by atoms with Gasteiger partial charge in [-0.1, -0.05) is 0 Å². The fourth-order valence-corrected chi connectivity index (χ4v) is 2.11. The number of nitrogens with zero attached hydrogens (tertiary/aromatic N) is 2. The highest BCUT2D eigenvalue weighted by Crippen LogP contribution is 2.22. The molecule has 0 spiro atoms. The maximum absolute atomic E-state index is 12.1. The van der Waals surface area contributed by atoms with Crippen LogP contribution in [0.1, 0.15) is 15.9 Å². The zero-order valence-corrected chi connectivity index (χ0v) is 12.6. The number of hydrogen-bond acceptors (Lipinski definition) is 4. The lowest BCUT2D eigenvalue weighted by Gasteiger charge is -2.08. The number of rotatable bonds is 5. The van der Waals surface area contributed by atoms with Gasteiger partial charge in [0.05, 0.1) is 12.7 Å². The quantitative estimate of drug-likeness (QED) is 0.909. The van der Waals surface area contributed by atoms with Gasteiger partial charge in [-0.25, -0.2) is 9.97 Å². The van der Waals surface area contributed by atoms with Gasteiger partial charge in [-0.3, -0.25) is 4.79 Å². The summed E-state index contributed by atoms with van der Waals surface area (Å²) < 4.78 is 5.85. The van der Waals surface area contributed by atoms with Crippen LogP contribution in [0.5, 0.6) is 5.75 Å². The predicted molar refractivity (Wildman–Crippen MR) is 78.8 cm³/mol. The van der Waals surface area contributed by atoms with Crippen molar-refractivity contribution in [2.75, 3.05) is 13.7 Å². The molecule has 0 saturated carbocycles. The number of amides is 1. The van der Waals surface area contributed by atoms with Crippen molar-refractivity contribution >= 4 is 21.8 Å². The van der Waals surface area contributed by atoms with Gasteiger partial charge in [0.2, 0.25) is 0 Å². The van der Waals surface area contributed by atoms with E-state index in [2.05, 4.69) is 31.2 Å². The molecule has 0 aliphatic rings. The van der Waals surface area contributed by atoms with Crippen LogP contribution in [0.3, 0.4) is 0 Å². The smallest absolute Gasteiger partial charge is 0.252 e. The molecule has 1 aromatic heterocycles. The van der Waals surface area contributed by atoms with Gasteiger partial charge in [-0.15, -0.1) is 0 Å². The molecule has 1 N–H and O–H groups in total. The Labute approximate surface area is 125 Å². The molecular weight excluding hydrogens is 322 g/mol.